The number of aromatic nitrogens is 1. The lowest BCUT2D eigenvalue weighted by Crippen LogP contribution is -2.33. The van der Waals surface area contributed by atoms with Crippen LogP contribution in [0.1, 0.15) is 23.6 Å². The number of aryl methyl sites for hydroxylation is 1. The topological polar surface area (TPSA) is 77.4 Å². The van der Waals surface area contributed by atoms with Crippen molar-refractivity contribution in [2.75, 3.05) is 12.3 Å². The zero-order valence-electron chi connectivity index (χ0n) is 18.3. The zero-order valence-corrected chi connectivity index (χ0v) is 19.1. The van der Waals surface area contributed by atoms with Gasteiger partial charge in [-0.15, -0.1) is 0 Å². The fraction of sp³-hybridized carbons (Fsp3) is 0.292. The van der Waals surface area contributed by atoms with Gasteiger partial charge in [-0.05, 0) is 48.4 Å². The number of rotatable bonds is 6. The maximum atomic E-state index is 14.3. The highest BCUT2D eigenvalue weighted by Crippen LogP contribution is 2.38. The molecule has 0 spiro atoms. The maximum absolute atomic E-state index is 14.3. The number of pyridine rings is 1. The van der Waals surface area contributed by atoms with E-state index in [-0.39, 0.29) is 28.6 Å². The first-order valence-electron chi connectivity index (χ1n) is 10.6. The number of fused-ring (bicyclic) bond motifs is 1. The minimum Gasteiger partial charge on any atom is -0.454 e. The SMILES string of the molecule is CCS(=O)(=O)Cc1ccc(Oc2ccc(F)cc2F)c(-c2cn(C)c(=O)c3c2CNCC3)c1. The van der Waals surface area contributed by atoms with Gasteiger partial charge in [-0.25, -0.2) is 17.2 Å². The molecular formula is C24H24F2N2O4S. The molecule has 0 aliphatic carbocycles. The van der Waals surface area contributed by atoms with Gasteiger partial charge in [0.1, 0.15) is 11.6 Å². The highest BCUT2D eigenvalue weighted by Gasteiger charge is 2.22. The van der Waals surface area contributed by atoms with E-state index in [9.17, 15) is 22.0 Å². The fourth-order valence-electron chi connectivity index (χ4n) is 3.95. The Morgan fingerprint density at radius 3 is 2.55 bits per heavy atom. The van der Waals surface area contributed by atoms with E-state index in [4.69, 9.17) is 4.74 Å². The fourth-order valence-corrected chi connectivity index (χ4v) is 4.84. The molecule has 4 rings (SSSR count). The molecule has 0 atom stereocenters. The van der Waals surface area contributed by atoms with Gasteiger partial charge in [0.05, 0.1) is 5.75 Å². The number of hydrogen-bond acceptors (Lipinski definition) is 5. The summed E-state index contributed by atoms with van der Waals surface area (Å²) in [5, 5.41) is 3.26. The summed E-state index contributed by atoms with van der Waals surface area (Å²) >= 11 is 0. The predicted octanol–water partition coefficient (Wildman–Crippen LogP) is 3.70. The molecule has 0 amide bonds. The van der Waals surface area contributed by atoms with E-state index in [2.05, 4.69) is 5.32 Å². The van der Waals surface area contributed by atoms with Gasteiger partial charge in [-0.1, -0.05) is 13.0 Å². The van der Waals surface area contributed by atoms with Crippen molar-refractivity contribution in [1.29, 1.82) is 0 Å². The molecule has 0 saturated carbocycles. The van der Waals surface area contributed by atoms with Gasteiger partial charge < -0.3 is 14.6 Å². The summed E-state index contributed by atoms with van der Waals surface area (Å²) < 4.78 is 59.4. The summed E-state index contributed by atoms with van der Waals surface area (Å²) in [4.78, 5) is 12.7. The third-order valence-electron chi connectivity index (χ3n) is 5.72. The van der Waals surface area contributed by atoms with Gasteiger partial charge in [0.25, 0.3) is 5.56 Å². The van der Waals surface area contributed by atoms with Crippen LogP contribution in [0.4, 0.5) is 8.78 Å². The molecule has 6 nitrogen and oxygen atoms in total. The Morgan fingerprint density at radius 1 is 1.06 bits per heavy atom. The average molecular weight is 475 g/mol. The van der Waals surface area contributed by atoms with Crippen LogP contribution in [0.15, 0.2) is 47.4 Å². The minimum atomic E-state index is -3.30. The summed E-state index contributed by atoms with van der Waals surface area (Å²) in [6.45, 7) is 2.72. The van der Waals surface area contributed by atoms with Crippen LogP contribution in [-0.4, -0.2) is 25.3 Å². The Bertz CT molecular complexity index is 1380. The van der Waals surface area contributed by atoms with E-state index in [1.165, 1.54) is 10.6 Å². The first-order valence-corrected chi connectivity index (χ1v) is 12.4. The average Bonchev–Trinajstić information content (AvgIpc) is 2.79. The number of nitrogens with zero attached hydrogens (tertiary/aromatic N) is 1. The molecule has 1 N–H and O–H groups in total. The quantitative estimate of drug-likeness (QED) is 0.590. The second-order valence-corrected chi connectivity index (χ2v) is 10.4. The van der Waals surface area contributed by atoms with Crippen LogP contribution in [0.5, 0.6) is 11.5 Å². The number of nitrogens with one attached hydrogen (secondary N) is 1. The number of sulfone groups is 1. The number of hydrogen-bond donors (Lipinski definition) is 1. The van der Waals surface area contributed by atoms with E-state index in [0.29, 0.717) is 41.8 Å². The molecule has 0 unspecified atom stereocenters. The molecule has 3 aromatic rings. The lowest BCUT2D eigenvalue weighted by molar-refractivity contribution is 0.439. The first-order chi connectivity index (χ1) is 15.7. The van der Waals surface area contributed by atoms with E-state index >= 15 is 0 Å². The summed E-state index contributed by atoms with van der Waals surface area (Å²) in [5.74, 6) is -1.64. The summed E-state index contributed by atoms with van der Waals surface area (Å²) in [6.07, 6.45) is 2.23. The minimum absolute atomic E-state index is 0.000528. The van der Waals surface area contributed by atoms with Gasteiger partial charge in [-0.3, -0.25) is 4.79 Å². The van der Waals surface area contributed by atoms with E-state index < -0.39 is 21.5 Å². The second-order valence-electron chi connectivity index (χ2n) is 8.03. The molecule has 2 aromatic carbocycles. The van der Waals surface area contributed by atoms with Gasteiger partial charge in [0, 0.05) is 48.3 Å². The molecular weight excluding hydrogens is 450 g/mol. The molecule has 33 heavy (non-hydrogen) atoms. The molecule has 0 saturated heterocycles. The van der Waals surface area contributed by atoms with Crippen LogP contribution in [0, 0.1) is 11.6 Å². The molecule has 1 aliphatic heterocycles. The van der Waals surface area contributed by atoms with Crippen LogP contribution in [0.2, 0.25) is 0 Å². The monoisotopic (exact) mass is 474 g/mol. The molecule has 0 fully saturated rings. The number of halogens is 2. The van der Waals surface area contributed by atoms with E-state index in [1.807, 2.05) is 0 Å². The van der Waals surface area contributed by atoms with Crippen LogP contribution < -0.4 is 15.6 Å². The van der Waals surface area contributed by atoms with Crippen molar-refractivity contribution < 1.29 is 21.9 Å². The molecule has 2 heterocycles. The van der Waals surface area contributed by atoms with Gasteiger partial charge in [0.2, 0.25) is 0 Å². The third kappa shape index (κ3) is 4.84. The Morgan fingerprint density at radius 2 is 1.82 bits per heavy atom. The Hall–Kier alpha value is -3.04. The maximum Gasteiger partial charge on any atom is 0.253 e. The normalized spacial score (nSPS) is 13.6. The Balaban J connectivity index is 1.91. The highest BCUT2D eigenvalue weighted by molar-refractivity contribution is 7.90. The Kier molecular flexibility index (Phi) is 6.36. The van der Waals surface area contributed by atoms with Gasteiger partial charge >= 0.3 is 0 Å². The van der Waals surface area contributed by atoms with Crippen LogP contribution >= 0.6 is 0 Å². The second kappa shape index (κ2) is 9.07. The number of benzene rings is 2. The van der Waals surface area contributed by atoms with Crippen molar-refractivity contribution in [2.24, 2.45) is 7.05 Å². The first kappa shape index (κ1) is 23.1. The molecule has 174 valence electrons. The smallest absolute Gasteiger partial charge is 0.253 e. The van der Waals surface area contributed by atoms with E-state index in [1.54, 1.807) is 38.4 Å². The summed E-state index contributed by atoms with van der Waals surface area (Å²) in [6, 6.07) is 7.90. The molecule has 1 aromatic heterocycles. The van der Waals surface area contributed by atoms with E-state index in [0.717, 1.165) is 17.7 Å². The van der Waals surface area contributed by atoms with Crippen molar-refractivity contribution in [3.05, 3.63) is 81.3 Å². The number of ether oxygens (including phenoxy) is 1. The predicted molar refractivity (Wildman–Crippen MR) is 122 cm³/mol. The van der Waals surface area contributed by atoms with Crippen molar-refractivity contribution in [1.82, 2.24) is 9.88 Å². The van der Waals surface area contributed by atoms with Crippen molar-refractivity contribution in [3.63, 3.8) is 0 Å². The van der Waals surface area contributed by atoms with Crippen molar-refractivity contribution in [2.45, 2.75) is 25.6 Å². The van der Waals surface area contributed by atoms with Crippen molar-refractivity contribution >= 4 is 9.84 Å². The highest BCUT2D eigenvalue weighted by atomic mass is 32.2. The molecule has 0 radical (unpaired) electrons. The lowest BCUT2D eigenvalue weighted by atomic mass is 9.93. The zero-order chi connectivity index (χ0) is 23.8. The van der Waals surface area contributed by atoms with Gasteiger partial charge in [0.15, 0.2) is 21.4 Å². The van der Waals surface area contributed by atoms with Crippen LogP contribution in [-0.2, 0) is 35.6 Å². The summed E-state index contributed by atoms with van der Waals surface area (Å²) in [5.41, 5.74) is 3.14. The lowest BCUT2D eigenvalue weighted by Gasteiger charge is -2.23. The van der Waals surface area contributed by atoms with Crippen molar-refractivity contribution in [3.8, 4) is 22.6 Å². The third-order valence-corrected chi connectivity index (χ3v) is 7.37. The molecule has 0 bridgehead atoms. The largest absolute Gasteiger partial charge is 0.454 e. The molecule has 1 aliphatic rings. The Labute approximate surface area is 190 Å². The standard InChI is InChI=1S/C24H24F2N2O4S/c1-3-33(30,31)14-15-4-6-22(32-23-7-5-16(25)11-21(23)26)18(10-15)20-13-28(2)24(29)17-8-9-27-12-19(17)20/h4-7,10-11,13,27H,3,8-9,12,14H2,1-2H3. The van der Waals surface area contributed by atoms with Gasteiger partial charge in [-0.2, -0.15) is 0 Å². The molecule has 9 heteroatoms. The summed E-state index contributed by atoms with van der Waals surface area (Å²) in [7, 11) is -1.64. The van der Waals surface area contributed by atoms with Crippen LogP contribution in [0.25, 0.3) is 11.1 Å². The van der Waals surface area contributed by atoms with Crippen LogP contribution in [0.3, 0.4) is 0 Å².